The van der Waals surface area contributed by atoms with E-state index in [1.807, 2.05) is 6.92 Å². The summed E-state index contributed by atoms with van der Waals surface area (Å²) in [4.78, 5) is 7.84. The maximum absolute atomic E-state index is 13.3. The Hall–Kier alpha value is -2.16. The zero-order valence-corrected chi connectivity index (χ0v) is 14.8. The summed E-state index contributed by atoms with van der Waals surface area (Å²) in [5, 5.41) is 2.76. The Morgan fingerprint density at radius 2 is 1.72 bits per heavy atom. The molecular formula is C16H18F3N3O2S. The molecule has 0 unspecified atom stereocenters. The van der Waals surface area contributed by atoms with E-state index in [2.05, 4.69) is 15.3 Å². The smallest absolute Gasteiger partial charge is 0.354 e. The summed E-state index contributed by atoms with van der Waals surface area (Å²) >= 11 is 0. The van der Waals surface area contributed by atoms with Crippen molar-refractivity contribution in [2.24, 2.45) is 0 Å². The Morgan fingerprint density at radius 3 is 2.20 bits per heavy atom. The van der Waals surface area contributed by atoms with Crippen molar-refractivity contribution in [1.29, 1.82) is 0 Å². The number of nitrogens with zero attached hydrogens (tertiary/aromatic N) is 2. The van der Waals surface area contributed by atoms with Gasteiger partial charge in [-0.1, -0.05) is 19.1 Å². The molecular weight excluding hydrogens is 355 g/mol. The summed E-state index contributed by atoms with van der Waals surface area (Å²) in [5.74, 6) is -0.109. The number of hydrogen-bond donors (Lipinski definition) is 1. The van der Waals surface area contributed by atoms with Gasteiger partial charge in [-0.2, -0.15) is 13.2 Å². The molecule has 1 heterocycles. The maximum atomic E-state index is 13.3. The molecule has 0 amide bonds. The van der Waals surface area contributed by atoms with Crippen LogP contribution in [0.5, 0.6) is 0 Å². The predicted molar refractivity (Wildman–Crippen MR) is 89.1 cm³/mol. The van der Waals surface area contributed by atoms with E-state index in [9.17, 15) is 21.6 Å². The predicted octanol–water partition coefficient (Wildman–Crippen LogP) is 3.70. The zero-order chi connectivity index (χ0) is 18.8. The Morgan fingerprint density at radius 1 is 1.12 bits per heavy atom. The van der Waals surface area contributed by atoms with Crippen molar-refractivity contribution >= 4 is 15.8 Å². The number of aromatic nitrogens is 2. The van der Waals surface area contributed by atoms with Crippen LogP contribution in [-0.4, -0.2) is 31.2 Å². The molecule has 0 aliphatic carbocycles. The van der Waals surface area contributed by atoms with Crippen molar-refractivity contribution in [3.05, 3.63) is 35.5 Å². The third-order valence-corrected chi connectivity index (χ3v) is 4.63. The summed E-state index contributed by atoms with van der Waals surface area (Å²) < 4.78 is 62.9. The molecule has 0 bridgehead atoms. The van der Waals surface area contributed by atoms with Crippen LogP contribution < -0.4 is 5.32 Å². The molecule has 0 aliphatic rings. The zero-order valence-electron chi connectivity index (χ0n) is 14.0. The van der Waals surface area contributed by atoms with Gasteiger partial charge in [-0.15, -0.1) is 0 Å². The van der Waals surface area contributed by atoms with Gasteiger partial charge in [0.2, 0.25) is 5.95 Å². The van der Waals surface area contributed by atoms with Crippen molar-refractivity contribution in [2.75, 3.05) is 18.1 Å². The summed E-state index contributed by atoms with van der Waals surface area (Å²) in [6, 6.07) is 5.57. The number of hydrogen-bond acceptors (Lipinski definition) is 5. The molecule has 5 nitrogen and oxygen atoms in total. The van der Waals surface area contributed by atoms with Gasteiger partial charge in [0, 0.05) is 23.9 Å². The SMILES string of the molecule is CCCNc1nc(-c2ccc(S(C)(=O)=O)cc2)c(C)c(C(F)(F)F)n1. The van der Waals surface area contributed by atoms with Crippen LogP contribution in [0.15, 0.2) is 29.2 Å². The highest BCUT2D eigenvalue weighted by Gasteiger charge is 2.36. The van der Waals surface area contributed by atoms with Crippen molar-refractivity contribution in [1.82, 2.24) is 9.97 Å². The number of sulfone groups is 1. The van der Waals surface area contributed by atoms with Crippen LogP contribution in [-0.2, 0) is 16.0 Å². The van der Waals surface area contributed by atoms with Crippen LogP contribution in [0.2, 0.25) is 0 Å². The molecule has 0 spiro atoms. The first-order valence-electron chi connectivity index (χ1n) is 7.54. The second kappa shape index (κ2) is 6.99. The maximum Gasteiger partial charge on any atom is 0.433 e. The second-order valence-electron chi connectivity index (χ2n) is 5.59. The van der Waals surface area contributed by atoms with Gasteiger partial charge in [0.05, 0.1) is 10.6 Å². The van der Waals surface area contributed by atoms with E-state index in [-0.39, 0.29) is 22.1 Å². The van der Waals surface area contributed by atoms with E-state index in [0.717, 1.165) is 6.26 Å². The monoisotopic (exact) mass is 373 g/mol. The first-order valence-corrected chi connectivity index (χ1v) is 9.43. The second-order valence-corrected chi connectivity index (χ2v) is 7.61. The molecule has 0 saturated carbocycles. The Bertz CT molecular complexity index is 863. The minimum Gasteiger partial charge on any atom is -0.354 e. The van der Waals surface area contributed by atoms with Crippen LogP contribution in [0.3, 0.4) is 0 Å². The standard InChI is InChI=1S/C16H18F3N3O2S/c1-4-9-20-15-21-13(10(2)14(22-15)16(17,18)19)11-5-7-12(8-6-11)25(3,23)24/h5-8H,4,9H2,1-3H3,(H,20,21,22). The Kier molecular flexibility index (Phi) is 5.36. The average molecular weight is 373 g/mol. The molecule has 25 heavy (non-hydrogen) atoms. The average Bonchev–Trinajstić information content (AvgIpc) is 2.52. The minimum atomic E-state index is -4.61. The lowest BCUT2D eigenvalue weighted by molar-refractivity contribution is -0.141. The van der Waals surface area contributed by atoms with Gasteiger partial charge in [-0.3, -0.25) is 0 Å². The van der Waals surface area contributed by atoms with Crippen molar-refractivity contribution < 1.29 is 21.6 Å². The first kappa shape index (κ1) is 19.2. The van der Waals surface area contributed by atoms with Crippen molar-refractivity contribution in [3.63, 3.8) is 0 Å². The fourth-order valence-corrected chi connectivity index (χ4v) is 2.88. The van der Waals surface area contributed by atoms with E-state index < -0.39 is 21.7 Å². The van der Waals surface area contributed by atoms with Crippen LogP contribution >= 0.6 is 0 Å². The van der Waals surface area contributed by atoms with Crippen LogP contribution in [0.25, 0.3) is 11.3 Å². The molecule has 2 aromatic rings. The number of rotatable bonds is 5. The summed E-state index contributed by atoms with van der Waals surface area (Å²) in [5.41, 5.74) is -0.622. The molecule has 0 fully saturated rings. The Labute approximate surface area is 144 Å². The Balaban J connectivity index is 2.59. The molecule has 1 N–H and O–H groups in total. The lowest BCUT2D eigenvalue weighted by Gasteiger charge is -2.15. The number of anilines is 1. The van der Waals surface area contributed by atoms with Crippen LogP contribution in [0, 0.1) is 6.92 Å². The van der Waals surface area contributed by atoms with Gasteiger partial charge in [-0.25, -0.2) is 18.4 Å². The largest absolute Gasteiger partial charge is 0.433 e. The van der Waals surface area contributed by atoms with Crippen LogP contribution in [0.4, 0.5) is 19.1 Å². The third kappa shape index (κ3) is 4.47. The fraction of sp³-hybridized carbons (Fsp3) is 0.375. The van der Waals surface area contributed by atoms with Gasteiger partial charge in [-0.05, 0) is 25.5 Å². The fourth-order valence-electron chi connectivity index (χ4n) is 2.25. The molecule has 136 valence electrons. The van der Waals surface area contributed by atoms with E-state index in [1.54, 1.807) is 0 Å². The summed E-state index contributed by atoms with van der Waals surface area (Å²) in [6.45, 7) is 3.61. The molecule has 1 aromatic carbocycles. The number of nitrogens with one attached hydrogen (secondary N) is 1. The highest BCUT2D eigenvalue weighted by Crippen LogP contribution is 2.35. The molecule has 0 atom stereocenters. The normalized spacial score (nSPS) is 12.2. The van der Waals surface area contributed by atoms with Gasteiger partial charge in [0.25, 0.3) is 0 Å². The lowest BCUT2D eigenvalue weighted by atomic mass is 10.1. The van der Waals surface area contributed by atoms with Crippen molar-refractivity contribution in [3.8, 4) is 11.3 Å². The van der Waals surface area contributed by atoms with Crippen molar-refractivity contribution in [2.45, 2.75) is 31.3 Å². The van der Waals surface area contributed by atoms with Crippen LogP contribution in [0.1, 0.15) is 24.6 Å². The number of halogens is 3. The molecule has 2 rings (SSSR count). The summed E-state index contributed by atoms with van der Waals surface area (Å²) in [6.07, 6.45) is -2.85. The highest BCUT2D eigenvalue weighted by atomic mass is 32.2. The van der Waals surface area contributed by atoms with E-state index in [4.69, 9.17) is 0 Å². The van der Waals surface area contributed by atoms with Gasteiger partial charge < -0.3 is 5.32 Å². The number of benzene rings is 1. The quantitative estimate of drug-likeness (QED) is 0.865. The van der Waals surface area contributed by atoms with Gasteiger partial charge in [0.15, 0.2) is 15.5 Å². The molecule has 1 aromatic heterocycles. The summed E-state index contributed by atoms with van der Waals surface area (Å²) in [7, 11) is -3.39. The van der Waals surface area contributed by atoms with E-state index in [1.165, 1.54) is 31.2 Å². The van der Waals surface area contributed by atoms with E-state index >= 15 is 0 Å². The first-order chi connectivity index (χ1) is 11.5. The molecule has 0 aliphatic heterocycles. The van der Waals surface area contributed by atoms with Gasteiger partial charge >= 0.3 is 6.18 Å². The molecule has 9 heteroatoms. The third-order valence-electron chi connectivity index (χ3n) is 3.50. The topological polar surface area (TPSA) is 72.0 Å². The minimum absolute atomic E-state index is 0.0864. The number of alkyl halides is 3. The highest BCUT2D eigenvalue weighted by molar-refractivity contribution is 7.90. The van der Waals surface area contributed by atoms with Gasteiger partial charge in [0.1, 0.15) is 0 Å². The molecule has 0 radical (unpaired) electrons. The van der Waals surface area contributed by atoms with E-state index in [0.29, 0.717) is 18.5 Å². The lowest BCUT2D eigenvalue weighted by Crippen LogP contribution is -2.15. The molecule has 0 saturated heterocycles.